The number of benzene rings is 1. The van der Waals surface area contributed by atoms with Crippen LogP contribution in [0.15, 0.2) is 28.2 Å². The van der Waals surface area contributed by atoms with Gasteiger partial charge in [0.1, 0.15) is 0 Å². The van der Waals surface area contributed by atoms with Crippen LogP contribution >= 0.6 is 0 Å². The Labute approximate surface area is 145 Å². The van der Waals surface area contributed by atoms with E-state index in [4.69, 9.17) is 4.74 Å². The van der Waals surface area contributed by atoms with Crippen molar-refractivity contribution in [3.05, 3.63) is 45.4 Å². The molecule has 0 saturated carbocycles. The number of aromatic amines is 1. The number of methoxy groups -OCH3 is 1. The number of fused-ring (bicyclic) bond motifs is 1. The molecule has 1 aliphatic rings. The molecule has 25 heavy (non-hydrogen) atoms. The van der Waals surface area contributed by atoms with Crippen LogP contribution in [0.5, 0.6) is 11.5 Å². The summed E-state index contributed by atoms with van der Waals surface area (Å²) in [5.74, 6) is 0.469. The maximum Gasteiger partial charge on any atom is 0.256 e. The van der Waals surface area contributed by atoms with Gasteiger partial charge in [0, 0.05) is 32.3 Å². The second-order valence-electron chi connectivity index (χ2n) is 6.04. The number of rotatable bonds is 4. The number of hydrogen-bond donors (Lipinski definition) is 2. The van der Waals surface area contributed by atoms with Gasteiger partial charge in [0.25, 0.3) is 5.56 Å². The molecule has 9 heteroatoms. The van der Waals surface area contributed by atoms with E-state index in [1.807, 2.05) is 11.0 Å². The molecule has 2 aromatic rings. The molecule has 0 saturated heterocycles. The quantitative estimate of drug-likeness (QED) is 0.756. The fourth-order valence-electron chi connectivity index (χ4n) is 2.86. The third-order valence-electron chi connectivity index (χ3n) is 4.13. The van der Waals surface area contributed by atoms with E-state index >= 15 is 0 Å². The molecule has 0 atom stereocenters. The van der Waals surface area contributed by atoms with Crippen molar-refractivity contribution in [1.29, 1.82) is 0 Å². The monoisotopic (exact) mass is 365 g/mol. The zero-order chi connectivity index (χ0) is 18.2. The standard InChI is InChI=1S/C16H19N3O5S/c1-24-14-4-3-10(7-13(14)20)8-19-6-5-12-11(9-19)15(21)18-16(17-12)25(2,22)23/h3-4,7,20H,5-6,8-9H2,1-2H3,(H,17,18,21). The highest BCUT2D eigenvalue weighted by Crippen LogP contribution is 2.27. The first-order valence-electron chi connectivity index (χ1n) is 7.68. The first-order valence-corrected chi connectivity index (χ1v) is 9.57. The Morgan fingerprint density at radius 1 is 1.40 bits per heavy atom. The minimum absolute atomic E-state index is 0.0646. The number of hydrogen-bond acceptors (Lipinski definition) is 7. The molecule has 0 spiro atoms. The van der Waals surface area contributed by atoms with E-state index < -0.39 is 15.4 Å². The lowest BCUT2D eigenvalue weighted by atomic mass is 10.1. The third-order valence-corrected chi connectivity index (χ3v) is 5.02. The zero-order valence-corrected chi connectivity index (χ0v) is 14.8. The Morgan fingerprint density at radius 2 is 2.16 bits per heavy atom. The number of nitrogens with zero attached hydrogens (tertiary/aromatic N) is 2. The Kier molecular flexibility index (Phi) is 4.53. The molecule has 1 aromatic heterocycles. The maximum atomic E-state index is 12.2. The van der Waals surface area contributed by atoms with Crippen molar-refractivity contribution < 1.29 is 18.3 Å². The van der Waals surface area contributed by atoms with E-state index in [0.29, 0.717) is 43.1 Å². The topological polar surface area (TPSA) is 113 Å². The molecule has 0 radical (unpaired) electrons. The van der Waals surface area contributed by atoms with Crippen molar-refractivity contribution >= 4 is 9.84 Å². The number of phenolic OH excluding ortho intramolecular Hbond substituents is 1. The summed E-state index contributed by atoms with van der Waals surface area (Å²) in [7, 11) is -2.07. The average molecular weight is 365 g/mol. The zero-order valence-electron chi connectivity index (χ0n) is 13.9. The Hall–Kier alpha value is -2.39. The second-order valence-corrected chi connectivity index (χ2v) is 7.97. The number of aromatic nitrogens is 2. The van der Waals surface area contributed by atoms with Gasteiger partial charge in [0.05, 0.1) is 18.4 Å². The van der Waals surface area contributed by atoms with Crippen molar-refractivity contribution in [2.24, 2.45) is 0 Å². The molecule has 8 nitrogen and oxygen atoms in total. The SMILES string of the molecule is COc1ccc(CN2CCc3nc(S(C)(=O)=O)[nH]c(=O)c3C2)cc1O. The van der Waals surface area contributed by atoms with Crippen LogP contribution in [0.1, 0.15) is 16.8 Å². The number of ether oxygens (including phenoxy) is 1. The van der Waals surface area contributed by atoms with E-state index in [-0.39, 0.29) is 10.9 Å². The van der Waals surface area contributed by atoms with Crippen LogP contribution in [0.4, 0.5) is 0 Å². The van der Waals surface area contributed by atoms with Crippen molar-refractivity contribution in [3.8, 4) is 11.5 Å². The van der Waals surface area contributed by atoms with E-state index in [1.54, 1.807) is 12.1 Å². The predicted octanol–water partition coefficient (Wildman–Crippen LogP) is 0.446. The largest absolute Gasteiger partial charge is 0.504 e. The lowest BCUT2D eigenvalue weighted by molar-refractivity contribution is 0.240. The molecule has 0 amide bonds. The van der Waals surface area contributed by atoms with Gasteiger partial charge in [-0.2, -0.15) is 0 Å². The molecule has 0 fully saturated rings. The molecule has 0 bridgehead atoms. The highest BCUT2D eigenvalue weighted by Gasteiger charge is 2.23. The van der Waals surface area contributed by atoms with Crippen LogP contribution in [0.25, 0.3) is 0 Å². The molecular formula is C16H19N3O5S. The lowest BCUT2D eigenvalue weighted by Crippen LogP contribution is -2.36. The number of H-pyrrole nitrogens is 1. The minimum atomic E-state index is -3.55. The number of phenols is 1. The molecular weight excluding hydrogens is 346 g/mol. The average Bonchev–Trinajstić information content (AvgIpc) is 2.54. The first-order chi connectivity index (χ1) is 11.8. The molecule has 0 aliphatic carbocycles. The summed E-state index contributed by atoms with van der Waals surface area (Å²) in [4.78, 5) is 20.7. The van der Waals surface area contributed by atoms with Gasteiger partial charge in [-0.05, 0) is 17.7 Å². The summed E-state index contributed by atoms with van der Waals surface area (Å²) in [6, 6.07) is 5.17. The number of sulfone groups is 1. The van der Waals surface area contributed by atoms with Gasteiger partial charge >= 0.3 is 0 Å². The van der Waals surface area contributed by atoms with Crippen molar-refractivity contribution in [2.45, 2.75) is 24.7 Å². The van der Waals surface area contributed by atoms with Crippen LogP contribution in [0.2, 0.25) is 0 Å². The van der Waals surface area contributed by atoms with E-state index in [0.717, 1.165) is 11.8 Å². The number of aromatic hydroxyl groups is 1. The van der Waals surface area contributed by atoms with Crippen LogP contribution < -0.4 is 10.3 Å². The van der Waals surface area contributed by atoms with Gasteiger partial charge in [-0.3, -0.25) is 14.7 Å². The Morgan fingerprint density at radius 3 is 2.80 bits per heavy atom. The van der Waals surface area contributed by atoms with Gasteiger partial charge in [0.15, 0.2) is 11.5 Å². The molecule has 3 rings (SSSR count). The summed E-state index contributed by atoms with van der Waals surface area (Å²) in [6.07, 6.45) is 1.51. The van der Waals surface area contributed by atoms with E-state index in [2.05, 4.69) is 9.97 Å². The van der Waals surface area contributed by atoms with Crippen LogP contribution in [0, 0.1) is 0 Å². The minimum Gasteiger partial charge on any atom is -0.504 e. The predicted molar refractivity (Wildman–Crippen MR) is 90.4 cm³/mol. The molecule has 2 N–H and O–H groups in total. The van der Waals surface area contributed by atoms with E-state index in [1.165, 1.54) is 7.11 Å². The summed E-state index contributed by atoms with van der Waals surface area (Å²) < 4.78 is 28.2. The smallest absolute Gasteiger partial charge is 0.256 e. The highest BCUT2D eigenvalue weighted by molar-refractivity contribution is 7.90. The summed E-state index contributed by atoms with van der Waals surface area (Å²) >= 11 is 0. The summed E-state index contributed by atoms with van der Waals surface area (Å²) in [5, 5.41) is 9.58. The maximum absolute atomic E-state index is 12.2. The van der Waals surface area contributed by atoms with Gasteiger partial charge in [0.2, 0.25) is 15.0 Å². The molecule has 1 aliphatic heterocycles. The van der Waals surface area contributed by atoms with Gasteiger partial charge in [-0.1, -0.05) is 6.07 Å². The van der Waals surface area contributed by atoms with Crippen molar-refractivity contribution in [1.82, 2.24) is 14.9 Å². The Balaban J connectivity index is 1.82. The fourth-order valence-corrected chi connectivity index (χ4v) is 3.41. The number of nitrogens with one attached hydrogen (secondary N) is 1. The normalized spacial score (nSPS) is 15.0. The van der Waals surface area contributed by atoms with Crippen LogP contribution in [-0.4, -0.2) is 48.3 Å². The summed E-state index contributed by atoms with van der Waals surface area (Å²) in [6.45, 7) is 1.55. The third kappa shape index (κ3) is 3.67. The lowest BCUT2D eigenvalue weighted by Gasteiger charge is -2.27. The fraction of sp³-hybridized carbons (Fsp3) is 0.375. The molecule has 2 heterocycles. The Bertz CT molecular complexity index is 968. The second kappa shape index (κ2) is 6.49. The van der Waals surface area contributed by atoms with Gasteiger partial charge in [-0.25, -0.2) is 13.4 Å². The highest BCUT2D eigenvalue weighted by atomic mass is 32.2. The summed E-state index contributed by atoms with van der Waals surface area (Å²) in [5.41, 5.74) is 1.47. The van der Waals surface area contributed by atoms with Crippen molar-refractivity contribution in [3.63, 3.8) is 0 Å². The van der Waals surface area contributed by atoms with Crippen LogP contribution in [0.3, 0.4) is 0 Å². The van der Waals surface area contributed by atoms with E-state index in [9.17, 15) is 18.3 Å². The van der Waals surface area contributed by atoms with Crippen LogP contribution in [-0.2, 0) is 29.3 Å². The van der Waals surface area contributed by atoms with Gasteiger partial charge in [-0.15, -0.1) is 0 Å². The molecule has 1 aromatic carbocycles. The van der Waals surface area contributed by atoms with Gasteiger partial charge < -0.3 is 9.84 Å². The first kappa shape index (κ1) is 17.4. The van der Waals surface area contributed by atoms with Crippen molar-refractivity contribution in [2.75, 3.05) is 19.9 Å². The molecule has 0 unspecified atom stereocenters. The molecule has 134 valence electrons.